The van der Waals surface area contributed by atoms with Crippen LogP contribution in [0.3, 0.4) is 0 Å². The molecule has 1 N–H and O–H groups in total. The van der Waals surface area contributed by atoms with E-state index in [-0.39, 0.29) is 11.5 Å². The third kappa shape index (κ3) is 5.31. The van der Waals surface area contributed by atoms with Crippen molar-refractivity contribution in [3.63, 3.8) is 0 Å². The first kappa shape index (κ1) is 15.2. The van der Waals surface area contributed by atoms with Crippen molar-refractivity contribution in [2.24, 2.45) is 0 Å². The molecule has 0 unspecified atom stereocenters. The minimum absolute atomic E-state index is 0.207. The summed E-state index contributed by atoms with van der Waals surface area (Å²) >= 11 is 0. The van der Waals surface area contributed by atoms with E-state index in [1.165, 1.54) is 6.08 Å². The van der Waals surface area contributed by atoms with Crippen molar-refractivity contribution >= 4 is 5.97 Å². The van der Waals surface area contributed by atoms with Crippen LogP contribution in [0.2, 0.25) is 0 Å². The van der Waals surface area contributed by atoms with Gasteiger partial charge >= 0.3 is 5.97 Å². The first-order valence-electron chi connectivity index (χ1n) is 6.22. The van der Waals surface area contributed by atoms with E-state index < -0.39 is 0 Å². The molecule has 0 rings (SSSR count). The maximum atomic E-state index is 11.0. The molecule has 0 aliphatic heterocycles. The Morgan fingerprint density at radius 2 is 1.75 bits per heavy atom. The van der Waals surface area contributed by atoms with Crippen molar-refractivity contribution in [3.8, 4) is 0 Å². The van der Waals surface area contributed by atoms with Crippen LogP contribution >= 0.6 is 0 Å². The topological polar surface area (TPSA) is 38.3 Å². The van der Waals surface area contributed by atoms with Gasteiger partial charge in [0.05, 0.1) is 6.61 Å². The highest BCUT2D eigenvalue weighted by Crippen LogP contribution is 2.18. The lowest BCUT2D eigenvalue weighted by Gasteiger charge is -2.31. The van der Waals surface area contributed by atoms with E-state index >= 15 is 0 Å². The van der Waals surface area contributed by atoms with Gasteiger partial charge < -0.3 is 10.1 Å². The molecule has 0 aliphatic rings. The van der Waals surface area contributed by atoms with Gasteiger partial charge in [-0.15, -0.1) is 0 Å². The van der Waals surface area contributed by atoms with E-state index in [4.69, 9.17) is 4.74 Å². The first-order chi connectivity index (χ1) is 7.64. The molecule has 3 nitrogen and oxygen atoms in total. The highest BCUT2D eigenvalue weighted by molar-refractivity contribution is 5.81. The van der Waals surface area contributed by atoms with E-state index in [0.717, 1.165) is 19.3 Å². The van der Waals surface area contributed by atoms with Crippen LogP contribution in [0.15, 0.2) is 12.2 Å². The van der Waals surface area contributed by atoms with Crippen molar-refractivity contribution < 1.29 is 9.53 Å². The molecule has 0 fully saturated rings. The zero-order chi connectivity index (χ0) is 12.4. The van der Waals surface area contributed by atoms with Gasteiger partial charge in [-0.25, -0.2) is 4.79 Å². The minimum Gasteiger partial charge on any atom is -0.463 e. The van der Waals surface area contributed by atoms with Gasteiger partial charge in [-0.2, -0.15) is 0 Å². The van der Waals surface area contributed by atoms with E-state index in [1.807, 2.05) is 6.08 Å². The monoisotopic (exact) mass is 227 g/mol. The standard InChI is InChI=1S/C13H25NO2/c1-5-13(6-2,7-3)14-11-9-10-12(15)16-8-4/h9-10,14H,5-8,11H2,1-4H3/b10-9+. The fourth-order valence-electron chi connectivity index (χ4n) is 1.75. The normalized spacial score (nSPS) is 12.0. The van der Waals surface area contributed by atoms with E-state index in [2.05, 4.69) is 26.1 Å². The molecule has 0 atom stereocenters. The lowest BCUT2D eigenvalue weighted by atomic mass is 9.90. The van der Waals surface area contributed by atoms with Gasteiger partial charge in [-0.1, -0.05) is 26.8 Å². The van der Waals surface area contributed by atoms with Crippen LogP contribution in [-0.2, 0) is 9.53 Å². The molecule has 0 radical (unpaired) electrons. The number of ether oxygens (including phenoxy) is 1. The molecule has 0 aliphatic carbocycles. The molecule has 0 aromatic carbocycles. The SMILES string of the molecule is CCOC(=O)/C=C/CNC(CC)(CC)CC. The summed E-state index contributed by atoms with van der Waals surface area (Å²) in [4.78, 5) is 11.0. The fraction of sp³-hybridized carbons (Fsp3) is 0.769. The molecule has 3 heteroatoms. The number of hydrogen-bond donors (Lipinski definition) is 1. The summed E-state index contributed by atoms with van der Waals surface area (Å²) < 4.78 is 4.80. The van der Waals surface area contributed by atoms with Gasteiger partial charge in [0.1, 0.15) is 0 Å². The third-order valence-electron chi connectivity index (χ3n) is 3.17. The fourth-order valence-corrected chi connectivity index (χ4v) is 1.75. The summed E-state index contributed by atoms with van der Waals surface area (Å²) in [5.74, 6) is -0.264. The Morgan fingerprint density at radius 3 is 2.19 bits per heavy atom. The number of carbonyl (C=O) groups is 1. The lowest BCUT2D eigenvalue weighted by Crippen LogP contribution is -2.43. The summed E-state index contributed by atoms with van der Waals surface area (Å²) in [5.41, 5.74) is 0.207. The molecule has 0 amide bonds. The Kier molecular flexibility index (Phi) is 7.90. The second-order valence-corrected chi connectivity index (χ2v) is 3.88. The van der Waals surface area contributed by atoms with Crippen molar-refractivity contribution in [3.05, 3.63) is 12.2 Å². The smallest absolute Gasteiger partial charge is 0.330 e. The van der Waals surface area contributed by atoms with Crippen molar-refractivity contribution in [2.45, 2.75) is 52.5 Å². The Balaban J connectivity index is 3.99. The molecule has 0 saturated heterocycles. The largest absolute Gasteiger partial charge is 0.463 e. The Morgan fingerprint density at radius 1 is 1.19 bits per heavy atom. The molecule has 0 saturated carbocycles. The number of rotatable bonds is 8. The average molecular weight is 227 g/mol. The molecule has 0 bridgehead atoms. The second-order valence-electron chi connectivity index (χ2n) is 3.88. The Hall–Kier alpha value is -0.830. The van der Waals surface area contributed by atoms with Crippen LogP contribution in [-0.4, -0.2) is 24.7 Å². The molecule has 0 aromatic heterocycles. The summed E-state index contributed by atoms with van der Waals surface area (Å²) in [6.07, 6.45) is 6.63. The van der Waals surface area contributed by atoms with Crippen LogP contribution < -0.4 is 5.32 Å². The van der Waals surface area contributed by atoms with E-state index in [0.29, 0.717) is 13.2 Å². The van der Waals surface area contributed by atoms with E-state index in [1.54, 1.807) is 6.92 Å². The molecule has 0 spiro atoms. The van der Waals surface area contributed by atoms with Crippen LogP contribution in [0.5, 0.6) is 0 Å². The average Bonchev–Trinajstić information content (AvgIpc) is 2.31. The number of carbonyl (C=O) groups excluding carboxylic acids is 1. The summed E-state index contributed by atoms with van der Waals surface area (Å²) in [6.45, 7) is 9.52. The molecule has 0 aromatic rings. The zero-order valence-electron chi connectivity index (χ0n) is 11.0. The van der Waals surface area contributed by atoms with Crippen molar-refractivity contribution in [2.75, 3.05) is 13.2 Å². The van der Waals surface area contributed by atoms with Crippen LogP contribution in [0.1, 0.15) is 47.0 Å². The predicted octanol–water partition coefficient (Wildman–Crippen LogP) is 2.66. The van der Waals surface area contributed by atoms with Crippen LogP contribution in [0.25, 0.3) is 0 Å². The molecule has 0 heterocycles. The van der Waals surface area contributed by atoms with Crippen molar-refractivity contribution in [1.29, 1.82) is 0 Å². The minimum atomic E-state index is -0.264. The summed E-state index contributed by atoms with van der Waals surface area (Å²) in [6, 6.07) is 0. The van der Waals surface area contributed by atoms with E-state index in [9.17, 15) is 4.79 Å². The van der Waals surface area contributed by atoms with Gasteiger partial charge in [-0.05, 0) is 26.2 Å². The highest BCUT2D eigenvalue weighted by Gasteiger charge is 2.21. The van der Waals surface area contributed by atoms with Gasteiger partial charge in [-0.3, -0.25) is 0 Å². The van der Waals surface area contributed by atoms with Crippen LogP contribution in [0, 0.1) is 0 Å². The third-order valence-corrected chi connectivity index (χ3v) is 3.17. The zero-order valence-corrected chi connectivity index (χ0v) is 11.0. The van der Waals surface area contributed by atoms with Crippen molar-refractivity contribution in [1.82, 2.24) is 5.32 Å². The maximum Gasteiger partial charge on any atom is 0.330 e. The molecular formula is C13H25NO2. The Labute approximate surface area is 99.3 Å². The molecule has 94 valence electrons. The van der Waals surface area contributed by atoms with Gasteiger partial charge in [0, 0.05) is 18.2 Å². The summed E-state index contributed by atoms with van der Waals surface area (Å²) in [7, 11) is 0. The maximum absolute atomic E-state index is 11.0. The van der Waals surface area contributed by atoms with Gasteiger partial charge in [0.2, 0.25) is 0 Å². The van der Waals surface area contributed by atoms with Gasteiger partial charge in [0.15, 0.2) is 0 Å². The number of esters is 1. The molecule has 16 heavy (non-hydrogen) atoms. The number of nitrogens with one attached hydrogen (secondary N) is 1. The highest BCUT2D eigenvalue weighted by atomic mass is 16.5. The van der Waals surface area contributed by atoms with Crippen LogP contribution in [0.4, 0.5) is 0 Å². The lowest BCUT2D eigenvalue weighted by molar-refractivity contribution is -0.137. The quantitative estimate of drug-likeness (QED) is 0.512. The Bertz CT molecular complexity index is 212. The number of hydrogen-bond acceptors (Lipinski definition) is 3. The molecular weight excluding hydrogens is 202 g/mol. The second kappa shape index (κ2) is 8.34. The predicted molar refractivity (Wildman–Crippen MR) is 67.4 cm³/mol. The first-order valence-corrected chi connectivity index (χ1v) is 6.22. The van der Waals surface area contributed by atoms with Gasteiger partial charge in [0.25, 0.3) is 0 Å². The summed E-state index contributed by atoms with van der Waals surface area (Å²) in [5, 5.41) is 3.49.